The first-order valence-electron chi connectivity index (χ1n) is 8.54. The molecule has 0 spiro atoms. The quantitative estimate of drug-likeness (QED) is 0.324. The second-order valence-corrected chi connectivity index (χ2v) is 7.27. The minimum atomic E-state index is -1.46. The molecule has 1 fully saturated rings. The second kappa shape index (κ2) is 7.13. The number of furan rings is 1. The normalized spacial score (nSPS) is 19.1. The van der Waals surface area contributed by atoms with E-state index in [0.717, 1.165) is 10.0 Å². The van der Waals surface area contributed by atoms with Gasteiger partial charge >= 0.3 is 11.9 Å². The van der Waals surface area contributed by atoms with Gasteiger partial charge < -0.3 is 13.9 Å². The summed E-state index contributed by atoms with van der Waals surface area (Å²) in [5.41, 5.74) is 1.23. The van der Waals surface area contributed by atoms with Gasteiger partial charge in [0.05, 0.1) is 0 Å². The minimum Gasteiger partial charge on any atom is -0.457 e. The zero-order valence-electron chi connectivity index (χ0n) is 14.8. The zero-order valence-corrected chi connectivity index (χ0v) is 16.4. The Morgan fingerprint density at radius 1 is 0.857 bits per heavy atom. The number of hydrogen-bond donors (Lipinski definition) is 0. The summed E-state index contributed by atoms with van der Waals surface area (Å²) in [6, 6.07) is 19.9. The number of hydrogen-bond acceptors (Lipinski definition) is 5. The topological polar surface area (TPSA) is 65.7 Å². The summed E-state index contributed by atoms with van der Waals surface area (Å²) in [4.78, 5) is 24.9. The van der Waals surface area contributed by atoms with Gasteiger partial charge in [-0.15, -0.1) is 0 Å². The third kappa shape index (κ3) is 3.51. The standard InChI is InChI=1S/C22H15BrO5/c1-22(15-5-3-2-4-6-15)27-20(24)18(21(25)28-22)13-17-11-12-19(26-17)14-7-9-16(23)10-8-14/h2-13H,1H3. The fourth-order valence-electron chi connectivity index (χ4n) is 2.89. The number of carbonyl (C=O) groups is 2. The van der Waals surface area contributed by atoms with Gasteiger partial charge in [0, 0.05) is 28.6 Å². The molecule has 4 rings (SSSR count). The van der Waals surface area contributed by atoms with E-state index in [1.165, 1.54) is 13.0 Å². The summed E-state index contributed by atoms with van der Waals surface area (Å²) in [5, 5.41) is 0. The first kappa shape index (κ1) is 18.3. The first-order chi connectivity index (χ1) is 13.4. The Kier molecular flexibility index (Phi) is 4.65. The maximum absolute atomic E-state index is 12.5. The molecular formula is C22H15BrO5. The van der Waals surface area contributed by atoms with E-state index in [9.17, 15) is 9.59 Å². The van der Waals surface area contributed by atoms with Crippen molar-refractivity contribution in [1.82, 2.24) is 0 Å². The molecule has 0 radical (unpaired) electrons. The number of carbonyl (C=O) groups excluding carboxylic acids is 2. The van der Waals surface area contributed by atoms with Crippen LogP contribution < -0.4 is 0 Å². The highest BCUT2D eigenvalue weighted by molar-refractivity contribution is 9.10. The highest BCUT2D eigenvalue weighted by atomic mass is 79.9. The summed E-state index contributed by atoms with van der Waals surface area (Å²) in [6.07, 6.45) is 1.33. The van der Waals surface area contributed by atoms with E-state index >= 15 is 0 Å². The fraction of sp³-hybridized carbons (Fsp3) is 0.0909. The average molecular weight is 439 g/mol. The van der Waals surface area contributed by atoms with E-state index in [-0.39, 0.29) is 5.57 Å². The number of benzene rings is 2. The van der Waals surface area contributed by atoms with Crippen molar-refractivity contribution in [3.8, 4) is 11.3 Å². The highest BCUT2D eigenvalue weighted by Crippen LogP contribution is 2.34. The highest BCUT2D eigenvalue weighted by Gasteiger charge is 2.44. The van der Waals surface area contributed by atoms with Gasteiger partial charge in [0.25, 0.3) is 5.79 Å². The monoisotopic (exact) mass is 438 g/mol. The molecule has 0 bridgehead atoms. The van der Waals surface area contributed by atoms with Gasteiger partial charge in [-0.3, -0.25) is 0 Å². The number of ether oxygens (including phenoxy) is 2. The van der Waals surface area contributed by atoms with E-state index in [2.05, 4.69) is 15.9 Å². The third-order valence-corrected chi connectivity index (χ3v) is 4.88. The Bertz CT molecular complexity index is 1040. The molecule has 2 aromatic carbocycles. The molecule has 0 aliphatic carbocycles. The van der Waals surface area contributed by atoms with Crippen LogP contribution in [0.25, 0.3) is 17.4 Å². The summed E-state index contributed by atoms with van der Waals surface area (Å²) in [5.74, 6) is -2.01. The van der Waals surface area contributed by atoms with Crippen LogP contribution in [0, 0.1) is 0 Å². The van der Waals surface area contributed by atoms with Crippen molar-refractivity contribution in [2.24, 2.45) is 0 Å². The van der Waals surface area contributed by atoms with Crippen LogP contribution in [0.1, 0.15) is 18.2 Å². The SMILES string of the molecule is CC1(c2ccccc2)OC(=O)C(=Cc2ccc(-c3ccc(Br)cc3)o2)C(=O)O1. The van der Waals surface area contributed by atoms with Crippen molar-refractivity contribution >= 4 is 33.9 Å². The maximum atomic E-state index is 12.5. The molecule has 140 valence electrons. The Morgan fingerprint density at radius 2 is 1.50 bits per heavy atom. The van der Waals surface area contributed by atoms with Gasteiger partial charge in [-0.2, -0.15) is 0 Å². The lowest BCUT2D eigenvalue weighted by Crippen LogP contribution is -2.42. The number of halogens is 1. The van der Waals surface area contributed by atoms with Crippen molar-refractivity contribution in [1.29, 1.82) is 0 Å². The Morgan fingerprint density at radius 3 is 2.14 bits per heavy atom. The van der Waals surface area contributed by atoms with Crippen LogP contribution in [0.2, 0.25) is 0 Å². The molecule has 0 saturated carbocycles. The molecule has 28 heavy (non-hydrogen) atoms. The largest absolute Gasteiger partial charge is 0.457 e. The Labute approximate surface area is 169 Å². The molecular weight excluding hydrogens is 424 g/mol. The van der Waals surface area contributed by atoms with Crippen molar-refractivity contribution in [3.63, 3.8) is 0 Å². The van der Waals surface area contributed by atoms with Crippen LogP contribution in [0.5, 0.6) is 0 Å². The Hall–Kier alpha value is -3.12. The van der Waals surface area contributed by atoms with Crippen LogP contribution in [0.3, 0.4) is 0 Å². The molecule has 0 N–H and O–H groups in total. The molecule has 6 heteroatoms. The van der Waals surface area contributed by atoms with Gasteiger partial charge in [-0.25, -0.2) is 9.59 Å². The molecule has 0 atom stereocenters. The lowest BCUT2D eigenvalue weighted by Gasteiger charge is -2.33. The smallest absolute Gasteiger partial charge is 0.349 e. The van der Waals surface area contributed by atoms with Crippen molar-refractivity contribution in [2.45, 2.75) is 12.7 Å². The van der Waals surface area contributed by atoms with Gasteiger partial charge in [0.15, 0.2) is 0 Å². The number of esters is 2. The van der Waals surface area contributed by atoms with Crippen LogP contribution >= 0.6 is 15.9 Å². The van der Waals surface area contributed by atoms with Gasteiger partial charge in [-0.05, 0) is 24.3 Å². The van der Waals surface area contributed by atoms with Gasteiger partial charge in [0.2, 0.25) is 0 Å². The summed E-state index contributed by atoms with van der Waals surface area (Å²) >= 11 is 3.39. The molecule has 1 aliphatic heterocycles. The van der Waals surface area contributed by atoms with E-state index in [0.29, 0.717) is 17.1 Å². The molecule has 5 nitrogen and oxygen atoms in total. The lowest BCUT2D eigenvalue weighted by molar-refractivity contribution is -0.233. The van der Waals surface area contributed by atoms with Gasteiger partial charge in [-0.1, -0.05) is 58.4 Å². The molecule has 1 aromatic heterocycles. The second-order valence-electron chi connectivity index (χ2n) is 6.36. The zero-order chi connectivity index (χ0) is 19.7. The predicted octanol–water partition coefficient (Wildman–Crippen LogP) is 5.07. The summed E-state index contributed by atoms with van der Waals surface area (Å²) < 4.78 is 17.5. The summed E-state index contributed by atoms with van der Waals surface area (Å²) in [7, 11) is 0. The van der Waals surface area contributed by atoms with E-state index in [1.54, 1.807) is 36.4 Å². The van der Waals surface area contributed by atoms with Crippen LogP contribution in [0.15, 0.2) is 81.2 Å². The van der Waals surface area contributed by atoms with Gasteiger partial charge in [0.1, 0.15) is 17.1 Å². The van der Waals surface area contributed by atoms with Crippen LogP contribution in [-0.2, 0) is 24.8 Å². The van der Waals surface area contributed by atoms with E-state index < -0.39 is 17.7 Å². The molecule has 1 saturated heterocycles. The Balaban J connectivity index is 1.59. The fourth-order valence-corrected chi connectivity index (χ4v) is 3.15. The molecule has 0 unspecified atom stereocenters. The van der Waals surface area contributed by atoms with Crippen LogP contribution in [-0.4, -0.2) is 11.9 Å². The van der Waals surface area contributed by atoms with Crippen molar-refractivity contribution in [2.75, 3.05) is 0 Å². The van der Waals surface area contributed by atoms with Crippen molar-refractivity contribution < 1.29 is 23.5 Å². The predicted molar refractivity (Wildman–Crippen MR) is 106 cm³/mol. The maximum Gasteiger partial charge on any atom is 0.349 e. The lowest BCUT2D eigenvalue weighted by atomic mass is 10.1. The van der Waals surface area contributed by atoms with Crippen LogP contribution in [0.4, 0.5) is 0 Å². The molecule has 2 heterocycles. The molecule has 0 amide bonds. The van der Waals surface area contributed by atoms with Crippen molar-refractivity contribution in [3.05, 3.63) is 88.1 Å². The van der Waals surface area contributed by atoms with E-state index in [1.807, 2.05) is 30.3 Å². The molecule has 1 aliphatic rings. The average Bonchev–Trinajstić information content (AvgIpc) is 3.15. The third-order valence-electron chi connectivity index (χ3n) is 4.36. The first-order valence-corrected chi connectivity index (χ1v) is 9.34. The minimum absolute atomic E-state index is 0.217. The van der Waals surface area contributed by atoms with E-state index in [4.69, 9.17) is 13.9 Å². The molecule has 3 aromatic rings. The number of cyclic esters (lactones) is 2. The number of rotatable bonds is 3. The summed E-state index contributed by atoms with van der Waals surface area (Å²) in [6.45, 7) is 1.54.